The smallest absolute Gasteiger partial charge is 0.336 e. The highest BCUT2D eigenvalue weighted by molar-refractivity contribution is 6.07. The maximum Gasteiger partial charge on any atom is 0.336 e. The van der Waals surface area contributed by atoms with Gasteiger partial charge in [0, 0.05) is 29.5 Å². The first-order valence-electron chi connectivity index (χ1n) is 9.05. The van der Waals surface area contributed by atoms with E-state index in [2.05, 4.69) is 4.99 Å². The van der Waals surface area contributed by atoms with Crippen molar-refractivity contribution >= 4 is 23.3 Å². The first-order chi connectivity index (χ1) is 13.2. The third-order valence-corrected chi connectivity index (χ3v) is 4.37. The Morgan fingerprint density at radius 3 is 2.54 bits per heavy atom. The summed E-state index contributed by atoms with van der Waals surface area (Å²) in [6.45, 7) is 8.63. The number of nitrogens with zero attached hydrogens (tertiary/aromatic N) is 2. The average molecular weight is 388 g/mol. The number of hydrogen-bond donors (Lipinski definition) is 0. The van der Waals surface area contributed by atoms with Crippen molar-refractivity contribution in [3.63, 3.8) is 0 Å². The molecule has 0 aromatic heterocycles. The second-order valence-corrected chi connectivity index (χ2v) is 6.77. The van der Waals surface area contributed by atoms with Crippen LogP contribution in [0.5, 0.6) is 0 Å². The second kappa shape index (κ2) is 8.77. The molecule has 0 bridgehead atoms. The molecule has 1 aromatic rings. The van der Waals surface area contributed by atoms with Gasteiger partial charge in [-0.1, -0.05) is 12.1 Å². The van der Waals surface area contributed by atoms with Crippen molar-refractivity contribution in [1.82, 2.24) is 0 Å². The summed E-state index contributed by atoms with van der Waals surface area (Å²) in [6.07, 6.45) is -0.369. The van der Waals surface area contributed by atoms with Crippen molar-refractivity contribution < 1.29 is 24.0 Å². The number of esters is 2. The van der Waals surface area contributed by atoms with E-state index in [-0.39, 0.29) is 24.0 Å². The number of nitro groups is 1. The summed E-state index contributed by atoms with van der Waals surface area (Å²) < 4.78 is 10.6. The van der Waals surface area contributed by atoms with Gasteiger partial charge in [0.15, 0.2) is 0 Å². The summed E-state index contributed by atoms with van der Waals surface area (Å²) in [5.74, 6) is -2.81. The standard InChI is InChI=1S/C20H24N2O6/c1-6-27-19(23)16-12(4)21-13(5)17(20(24)28-11(2)3)18(16)14-8-7-9-15(10-14)22(25)26/h7-11,16,18H,6H2,1-5H3. The van der Waals surface area contributed by atoms with Crippen LogP contribution in [0.1, 0.15) is 46.1 Å². The minimum atomic E-state index is -0.875. The van der Waals surface area contributed by atoms with Crippen molar-refractivity contribution in [3.8, 4) is 0 Å². The average Bonchev–Trinajstić information content (AvgIpc) is 2.60. The Kier molecular flexibility index (Phi) is 6.66. The lowest BCUT2D eigenvalue weighted by atomic mass is 9.75. The van der Waals surface area contributed by atoms with Crippen molar-refractivity contribution in [2.24, 2.45) is 10.9 Å². The van der Waals surface area contributed by atoms with Gasteiger partial charge in [0.25, 0.3) is 5.69 Å². The van der Waals surface area contributed by atoms with Crippen LogP contribution in [0.3, 0.4) is 0 Å². The van der Waals surface area contributed by atoms with Gasteiger partial charge in [0.05, 0.1) is 23.2 Å². The lowest BCUT2D eigenvalue weighted by Gasteiger charge is -2.31. The summed E-state index contributed by atoms with van der Waals surface area (Å²) in [6, 6.07) is 5.90. The largest absolute Gasteiger partial charge is 0.465 e. The SMILES string of the molecule is CCOC(=O)C1C(C)=NC(C)=C(C(=O)OC(C)C)C1c1cccc([N+](=O)[O-])c1. The molecule has 1 aliphatic rings. The molecule has 2 atom stereocenters. The van der Waals surface area contributed by atoms with Crippen molar-refractivity contribution in [2.75, 3.05) is 6.61 Å². The molecule has 0 saturated heterocycles. The minimum Gasteiger partial charge on any atom is -0.465 e. The number of benzene rings is 1. The topological polar surface area (TPSA) is 108 Å². The van der Waals surface area contributed by atoms with Gasteiger partial charge in [-0.05, 0) is 40.2 Å². The maximum absolute atomic E-state index is 12.8. The zero-order valence-corrected chi connectivity index (χ0v) is 16.6. The van der Waals surface area contributed by atoms with E-state index in [1.54, 1.807) is 40.7 Å². The third kappa shape index (κ3) is 4.44. The van der Waals surface area contributed by atoms with E-state index in [0.717, 1.165) is 0 Å². The number of rotatable bonds is 6. The molecule has 1 aromatic carbocycles. The van der Waals surface area contributed by atoms with Crippen LogP contribution in [0.4, 0.5) is 5.69 Å². The molecule has 2 rings (SSSR count). The van der Waals surface area contributed by atoms with E-state index in [1.165, 1.54) is 18.2 Å². The summed E-state index contributed by atoms with van der Waals surface area (Å²) >= 11 is 0. The van der Waals surface area contributed by atoms with Gasteiger partial charge < -0.3 is 9.47 Å². The highest BCUT2D eigenvalue weighted by Gasteiger charge is 2.42. The predicted molar refractivity (Wildman–Crippen MR) is 103 cm³/mol. The minimum absolute atomic E-state index is 0.130. The summed E-state index contributed by atoms with van der Waals surface area (Å²) in [7, 11) is 0. The lowest BCUT2D eigenvalue weighted by molar-refractivity contribution is -0.384. The Hall–Kier alpha value is -3.03. The molecule has 1 heterocycles. The quantitative estimate of drug-likeness (QED) is 0.419. The zero-order valence-electron chi connectivity index (χ0n) is 16.6. The molecule has 0 spiro atoms. The molecule has 2 unspecified atom stereocenters. The Balaban J connectivity index is 2.67. The van der Waals surface area contributed by atoms with Crippen LogP contribution < -0.4 is 0 Å². The Labute approximate surface area is 163 Å². The van der Waals surface area contributed by atoms with Crippen molar-refractivity contribution in [1.29, 1.82) is 0 Å². The Morgan fingerprint density at radius 2 is 1.96 bits per heavy atom. The molecule has 0 fully saturated rings. The highest BCUT2D eigenvalue weighted by atomic mass is 16.6. The van der Waals surface area contributed by atoms with Gasteiger partial charge in [-0.15, -0.1) is 0 Å². The normalized spacial score (nSPS) is 19.3. The molecule has 0 N–H and O–H groups in total. The van der Waals surface area contributed by atoms with Crippen LogP contribution in [0, 0.1) is 16.0 Å². The third-order valence-electron chi connectivity index (χ3n) is 4.37. The summed E-state index contributed by atoms with van der Waals surface area (Å²) in [5, 5.41) is 11.2. The number of hydrogen-bond acceptors (Lipinski definition) is 7. The molecule has 0 aliphatic carbocycles. The fourth-order valence-corrected chi connectivity index (χ4v) is 3.31. The van der Waals surface area contributed by atoms with Crippen molar-refractivity contribution in [3.05, 3.63) is 51.2 Å². The highest BCUT2D eigenvalue weighted by Crippen LogP contribution is 2.41. The summed E-state index contributed by atoms with van der Waals surface area (Å²) in [4.78, 5) is 40.6. The van der Waals surface area contributed by atoms with Crippen LogP contribution in [0.2, 0.25) is 0 Å². The van der Waals surface area contributed by atoms with Gasteiger partial charge in [0.2, 0.25) is 0 Å². The maximum atomic E-state index is 12.8. The van der Waals surface area contributed by atoms with E-state index in [4.69, 9.17) is 9.47 Å². The summed E-state index contributed by atoms with van der Waals surface area (Å²) in [5.41, 5.74) is 1.43. The van der Waals surface area contributed by atoms with Crippen molar-refractivity contribution in [2.45, 2.75) is 46.6 Å². The number of carbonyl (C=O) groups excluding carboxylic acids is 2. The fraction of sp³-hybridized carbons (Fsp3) is 0.450. The number of allylic oxidation sites excluding steroid dienone is 1. The number of aliphatic imine (C=N–C) groups is 1. The van der Waals surface area contributed by atoms with E-state index in [9.17, 15) is 19.7 Å². The van der Waals surface area contributed by atoms with E-state index in [1.807, 2.05) is 0 Å². The van der Waals surface area contributed by atoms with Gasteiger partial charge in [-0.25, -0.2) is 4.79 Å². The Bertz CT molecular complexity index is 856. The number of carbonyl (C=O) groups is 2. The lowest BCUT2D eigenvalue weighted by Crippen LogP contribution is -2.37. The molecular weight excluding hydrogens is 364 g/mol. The molecule has 0 amide bonds. The zero-order chi connectivity index (χ0) is 21.0. The first kappa shape index (κ1) is 21.3. The van der Waals surface area contributed by atoms with Crippen LogP contribution >= 0.6 is 0 Å². The molecule has 1 aliphatic heterocycles. The molecule has 8 heteroatoms. The predicted octanol–water partition coefficient (Wildman–Crippen LogP) is 3.56. The number of ether oxygens (including phenoxy) is 2. The number of non-ortho nitro benzene ring substituents is 1. The van der Waals surface area contributed by atoms with Crippen LogP contribution in [0.25, 0.3) is 0 Å². The van der Waals surface area contributed by atoms with E-state index in [0.29, 0.717) is 17.0 Å². The second-order valence-electron chi connectivity index (χ2n) is 6.77. The molecule has 0 radical (unpaired) electrons. The van der Waals surface area contributed by atoms with Gasteiger partial charge in [0.1, 0.15) is 5.92 Å². The molecule has 28 heavy (non-hydrogen) atoms. The van der Waals surface area contributed by atoms with Crippen LogP contribution in [0.15, 0.2) is 40.5 Å². The molecule has 150 valence electrons. The van der Waals surface area contributed by atoms with Crippen LogP contribution in [-0.2, 0) is 19.1 Å². The first-order valence-corrected chi connectivity index (χ1v) is 9.05. The monoisotopic (exact) mass is 388 g/mol. The molecular formula is C20H24N2O6. The van der Waals surface area contributed by atoms with E-state index >= 15 is 0 Å². The fourth-order valence-electron chi connectivity index (χ4n) is 3.31. The van der Waals surface area contributed by atoms with Gasteiger partial charge >= 0.3 is 11.9 Å². The van der Waals surface area contributed by atoms with E-state index < -0.39 is 28.7 Å². The van der Waals surface area contributed by atoms with Gasteiger partial charge in [-0.3, -0.25) is 19.9 Å². The van der Waals surface area contributed by atoms with Gasteiger partial charge in [-0.2, -0.15) is 0 Å². The number of nitro benzene ring substituents is 1. The molecule has 0 saturated carbocycles. The van der Waals surface area contributed by atoms with Crippen LogP contribution in [-0.4, -0.2) is 35.3 Å². The molecule has 8 nitrogen and oxygen atoms in total. The Morgan fingerprint density at radius 1 is 1.29 bits per heavy atom.